The van der Waals surface area contributed by atoms with Crippen LogP contribution in [0.1, 0.15) is 38.2 Å². The van der Waals surface area contributed by atoms with Crippen LogP contribution in [0.15, 0.2) is 30.3 Å². The number of carbonyl (C=O) groups is 1. The number of benzene rings is 1. The van der Waals surface area contributed by atoms with Crippen LogP contribution >= 0.6 is 0 Å². The van der Waals surface area contributed by atoms with Gasteiger partial charge < -0.3 is 10.4 Å². The number of rotatable bonds is 7. The van der Waals surface area contributed by atoms with Gasteiger partial charge in [-0.2, -0.15) is 0 Å². The van der Waals surface area contributed by atoms with Gasteiger partial charge in [0.2, 0.25) is 5.91 Å². The summed E-state index contributed by atoms with van der Waals surface area (Å²) in [6.07, 6.45) is 1.57. The number of carbonyl (C=O) groups excluding carboxylic acids is 1. The zero-order chi connectivity index (χ0) is 13.4. The first-order valence-electron chi connectivity index (χ1n) is 6.64. The Labute approximate surface area is 109 Å². The van der Waals surface area contributed by atoms with Gasteiger partial charge in [0.15, 0.2) is 0 Å². The highest BCUT2D eigenvalue weighted by Crippen LogP contribution is 2.26. The van der Waals surface area contributed by atoms with Crippen molar-refractivity contribution in [2.24, 2.45) is 5.92 Å². The van der Waals surface area contributed by atoms with E-state index in [1.54, 1.807) is 0 Å². The minimum absolute atomic E-state index is 0.0593. The first-order valence-corrected chi connectivity index (χ1v) is 6.64. The van der Waals surface area contributed by atoms with E-state index in [2.05, 4.69) is 19.2 Å². The maximum Gasteiger partial charge on any atom is 0.227 e. The third kappa shape index (κ3) is 4.15. The van der Waals surface area contributed by atoms with Crippen molar-refractivity contribution in [1.29, 1.82) is 0 Å². The van der Waals surface area contributed by atoms with Crippen molar-refractivity contribution in [1.82, 2.24) is 5.32 Å². The molecule has 3 nitrogen and oxygen atoms in total. The molecule has 2 atom stereocenters. The van der Waals surface area contributed by atoms with Crippen molar-refractivity contribution in [3.8, 4) is 0 Å². The Morgan fingerprint density at radius 1 is 1.33 bits per heavy atom. The highest BCUT2D eigenvalue weighted by atomic mass is 16.3. The highest BCUT2D eigenvalue weighted by molar-refractivity contribution is 5.83. The van der Waals surface area contributed by atoms with E-state index in [0.717, 1.165) is 12.0 Å². The Kier molecular flexibility index (Phi) is 6.44. The Hall–Kier alpha value is -1.35. The molecule has 0 spiro atoms. The summed E-state index contributed by atoms with van der Waals surface area (Å²) in [4.78, 5) is 12.2. The molecule has 0 aliphatic heterocycles. The summed E-state index contributed by atoms with van der Waals surface area (Å²) >= 11 is 0. The van der Waals surface area contributed by atoms with E-state index in [1.807, 2.05) is 30.3 Å². The fourth-order valence-electron chi connectivity index (χ4n) is 2.03. The molecular formula is C15H23NO2. The molecule has 0 saturated carbocycles. The zero-order valence-electron chi connectivity index (χ0n) is 11.2. The second-order valence-electron chi connectivity index (χ2n) is 4.64. The summed E-state index contributed by atoms with van der Waals surface area (Å²) in [6.45, 7) is 4.85. The van der Waals surface area contributed by atoms with Crippen LogP contribution in [0.25, 0.3) is 0 Å². The molecule has 1 amide bonds. The van der Waals surface area contributed by atoms with Crippen LogP contribution in [0, 0.1) is 5.92 Å². The second kappa shape index (κ2) is 7.88. The Morgan fingerprint density at radius 2 is 2.00 bits per heavy atom. The van der Waals surface area contributed by atoms with Crippen molar-refractivity contribution in [3.05, 3.63) is 35.9 Å². The fraction of sp³-hybridized carbons (Fsp3) is 0.533. The van der Waals surface area contributed by atoms with Crippen LogP contribution in [-0.4, -0.2) is 24.2 Å². The molecule has 0 radical (unpaired) electrons. The minimum Gasteiger partial charge on any atom is -0.396 e. The zero-order valence-corrected chi connectivity index (χ0v) is 11.2. The van der Waals surface area contributed by atoms with Gasteiger partial charge in [0.05, 0.1) is 5.92 Å². The SMILES string of the molecule is CCC(C)C(C(=O)NCCCO)c1ccccc1. The molecule has 0 saturated heterocycles. The third-order valence-corrected chi connectivity index (χ3v) is 3.29. The number of aliphatic hydroxyl groups is 1. The minimum atomic E-state index is -0.102. The molecule has 0 fully saturated rings. The van der Waals surface area contributed by atoms with Gasteiger partial charge in [-0.3, -0.25) is 4.79 Å². The van der Waals surface area contributed by atoms with Crippen molar-refractivity contribution in [2.45, 2.75) is 32.6 Å². The molecule has 18 heavy (non-hydrogen) atoms. The van der Waals surface area contributed by atoms with Crippen molar-refractivity contribution in [3.63, 3.8) is 0 Å². The van der Waals surface area contributed by atoms with Crippen LogP contribution in [0.3, 0.4) is 0 Å². The smallest absolute Gasteiger partial charge is 0.227 e. The first-order chi connectivity index (χ1) is 8.70. The Bertz CT molecular complexity index is 351. The summed E-state index contributed by atoms with van der Waals surface area (Å²) in [5.74, 6) is 0.264. The van der Waals surface area contributed by atoms with Crippen LogP contribution in [0.4, 0.5) is 0 Å². The van der Waals surface area contributed by atoms with Gasteiger partial charge in [-0.05, 0) is 17.9 Å². The number of amides is 1. The molecule has 2 N–H and O–H groups in total. The molecule has 0 aromatic heterocycles. The lowest BCUT2D eigenvalue weighted by Crippen LogP contribution is -2.33. The van der Waals surface area contributed by atoms with Crippen LogP contribution < -0.4 is 5.32 Å². The topological polar surface area (TPSA) is 49.3 Å². The molecule has 1 aromatic carbocycles. The molecule has 0 aliphatic carbocycles. The summed E-state index contributed by atoms with van der Waals surface area (Å²) in [5.41, 5.74) is 1.06. The number of hydrogen-bond acceptors (Lipinski definition) is 2. The number of hydrogen-bond donors (Lipinski definition) is 2. The van der Waals surface area contributed by atoms with Crippen molar-refractivity contribution >= 4 is 5.91 Å². The molecular weight excluding hydrogens is 226 g/mol. The van der Waals surface area contributed by atoms with Crippen molar-refractivity contribution < 1.29 is 9.90 Å². The Balaban J connectivity index is 2.76. The predicted molar refractivity (Wildman–Crippen MR) is 73.4 cm³/mol. The lowest BCUT2D eigenvalue weighted by molar-refractivity contribution is -0.123. The summed E-state index contributed by atoms with van der Waals surface area (Å²) in [6, 6.07) is 9.89. The average Bonchev–Trinajstić information content (AvgIpc) is 2.40. The monoisotopic (exact) mass is 249 g/mol. The number of nitrogens with one attached hydrogen (secondary N) is 1. The van der Waals surface area contributed by atoms with Gasteiger partial charge in [0.25, 0.3) is 0 Å². The van der Waals surface area contributed by atoms with Gasteiger partial charge in [0.1, 0.15) is 0 Å². The highest BCUT2D eigenvalue weighted by Gasteiger charge is 2.25. The Morgan fingerprint density at radius 3 is 2.56 bits per heavy atom. The number of aliphatic hydroxyl groups excluding tert-OH is 1. The molecule has 100 valence electrons. The average molecular weight is 249 g/mol. The molecule has 0 aliphatic rings. The third-order valence-electron chi connectivity index (χ3n) is 3.29. The summed E-state index contributed by atoms with van der Waals surface area (Å²) in [7, 11) is 0. The van der Waals surface area contributed by atoms with E-state index in [1.165, 1.54) is 0 Å². The largest absolute Gasteiger partial charge is 0.396 e. The second-order valence-corrected chi connectivity index (χ2v) is 4.64. The summed E-state index contributed by atoms with van der Waals surface area (Å²) < 4.78 is 0. The van der Waals surface area contributed by atoms with E-state index in [-0.39, 0.29) is 18.4 Å². The van der Waals surface area contributed by atoms with Crippen LogP contribution in [0.2, 0.25) is 0 Å². The molecule has 1 rings (SSSR count). The first kappa shape index (κ1) is 14.7. The molecule has 2 unspecified atom stereocenters. The van der Waals surface area contributed by atoms with Crippen LogP contribution in [0.5, 0.6) is 0 Å². The van der Waals surface area contributed by atoms with E-state index < -0.39 is 0 Å². The van der Waals surface area contributed by atoms with Gasteiger partial charge >= 0.3 is 0 Å². The molecule has 3 heteroatoms. The van der Waals surface area contributed by atoms with E-state index >= 15 is 0 Å². The van der Waals surface area contributed by atoms with Gasteiger partial charge in [0, 0.05) is 13.2 Å². The quantitative estimate of drug-likeness (QED) is 0.729. The standard InChI is InChI=1S/C15H23NO2/c1-3-12(2)14(13-8-5-4-6-9-13)15(18)16-10-7-11-17/h4-6,8-9,12,14,17H,3,7,10-11H2,1-2H3,(H,16,18). The lowest BCUT2D eigenvalue weighted by Gasteiger charge is -2.22. The fourth-order valence-corrected chi connectivity index (χ4v) is 2.03. The molecule has 0 bridgehead atoms. The van der Waals surface area contributed by atoms with Gasteiger partial charge in [-0.15, -0.1) is 0 Å². The summed E-state index contributed by atoms with van der Waals surface area (Å²) in [5, 5.41) is 11.6. The normalized spacial score (nSPS) is 13.9. The maximum atomic E-state index is 12.2. The maximum absolute atomic E-state index is 12.2. The van der Waals surface area contributed by atoms with Crippen molar-refractivity contribution in [2.75, 3.05) is 13.2 Å². The van der Waals surface area contributed by atoms with E-state index in [0.29, 0.717) is 18.9 Å². The molecule has 0 heterocycles. The van der Waals surface area contributed by atoms with E-state index in [4.69, 9.17) is 5.11 Å². The van der Waals surface area contributed by atoms with Gasteiger partial charge in [-0.1, -0.05) is 50.6 Å². The lowest BCUT2D eigenvalue weighted by atomic mass is 9.85. The van der Waals surface area contributed by atoms with E-state index in [9.17, 15) is 4.79 Å². The van der Waals surface area contributed by atoms with Gasteiger partial charge in [-0.25, -0.2) is 0 Å². The predicted octanol–water partition coefficient (Wildman–Crippen LogP) is 2.31. The molecule has 1 aromatic rings. The van der Waals surface area contributed by atoms with Crippen LogP contribution in [-0.2, 0) is 4.79 Å².